The van der Waals surface area contributed by atoms with Gasteiger partial charge in [0.2, 0.25) is 5.91 Å². The number of hydrogen-bond donors (Lipinski definition) is 2. The largest absolute Gasteiger partial charge is 0.497 e. The highest BCUT2D eigenvalue weighted by Gasteiger charge is 2.27. The molecule has 0 aromatic heterocycles. The van der Waals surface area contributed by atoms with Crippen molar-refractivity contribution in [1.29, 1.82) is 0 Å². The molecule has 11 heteroatoms. The Balaban J connectivity index is 1.52. The van der Waals surface area contributed by atoms with Crippen molar-refractivity contribution in [3.05, 3.63) is 108 Å². The van der Waals surface area contributed by atoms with Crippen molar-refractivity contribution in [2.24, 2.45) is 0 Å². The molecule has 0 saturated heterocycles. The molecule has 4 aromatic rings. The molecule has 2 N–H and O–H groups in total. The van der Waals surface area contributed by atoms with Crippen LogP contribution in [0.5, 0.6) is 5.75 Å². The highest BCUT2D eigenvalue weighted by Crippen LogP contribution is 2.26. The summed E-state index contributed by atoms with van der Waals surface area (Å²) in [6.45, 7) is 5.20. The minimum Gasteiger partial charge on any atom is -0.497 e. The average molecular weight is 594 g/mol. The van der Waals surface area contributed by atoms with Crippen LogP contribution in [0.25, 0.3) is 0 Å². The topological polar surface area (TPSA) is 122 Å². The first-order chi connectivity index (χ1) is 19.4. The smallest absolute Gasteiger partial charge is 0.264 e. The maximum atomic E-state index is 13.6. The lowest BCUT2D eigenvalue weighted by Crippen LogP contribution is -2.38. The number of carbonyl (C=O) groups is 1. The zero-order valence-electron chi connectivity index (χ0n) is 23.1. The van der Waals surface area contributed by atoms with E-state index in [1.165, 1.54) is 55.6 Å². The first-order valence-electron chi connectivity index (χ1n) is 12.6. The Labute approximate surface area is 240 Å². The number of nitrogens with one attached hydrogen (secondary N) is 2. The minimum atomic E-state index is -4.11. The molecular formula is C30H31N3O6S2. The van der Waals surface area contributed by atoms with Gasteiger partial charge in [0.1, 0.15) is 12.3 Å². The number of rotatable bonds is 10. The number of amides is 1. The zero-order chi connectivity index (χ0) is 29.8. The van der Waals surface area contributed by atoms with E-state index in [1.54, 1.807) is 36.4 Å². The number of ether oxygens (including phenoxy) is 1. The molecular weight excluding hydrogens is 562 g/mol. The Morgan fingerprint density at radius 3 is 1.90 bits per heavy atom. The van der Waals surface area contributed by atoms with Crippen LogP contribution in [0.4, 0.5) is 17.1 Å². The van der Waals surface area contributed by atoms with E-state index in [-0.39, 0.29) is 9.79 Å². The normalized spacial score (nSPS) is 11.5. The summed E-state index contributed by atoms with van der Waals surface area (Å²) in [4.78, 5) is 13.1. The summed E-state index contributed by atoms with van der Waals surface area (Å²) in [7, 11) is -6.49. The van der Waals surface area contributed by atoms with Gasteiger partial charge in [0.25, 0.3) is 20.0 Å². The summed E-state index contributed by atoms with van der Waals surface area (Å²) in [5, 5.41) is 2.66. The van der Waals surface area contributed by atoms with E-state index in [4.69, 9.17) is 4.74 Å². The number of sulfonamides is 2. The van der Waals surface area contributed by atoms with Gasteiger partial charge in [-0.05, 0) is 105 Å². The van der Waals surface area contributed by atoms with Crippen LogP contribution in [-0.4, -0.2) is 36.4 Å². The summed E-state index contributed by atoms with van der Waals surface area (Å²) in [5.41, 5.74) is 4.01. The predicted molar refractivity (Wildman–Crippen MR) is 161 cm³/mol. The van der Waals surface area contributed by atoms with E-state index in [1.807, 2.05) is 26.8 Å². The number of carbonyl (C=O) groups excluding carboxylic acids is 1. The molecule has 1 amide bonds. The predicted octanol–water partition coefficient (Wildman–Crippen LogP) is 5.26. The minimum absolute atomic E-state index is 0.00231. The summed E-state index contributed by atoms with van der Waals surface area (Å²) < 4.78 is 61.6. The molecule has 0 spiro atoms. The molecule has 0 fully saturated rings. The Kier molecular flexibility index (Phi) is 8.69. The van der Waals surface area contributed by atoms with Crippen molar-refractivity contribution in [1.82, 2.24) is 0 Å². The molecule has 0 saturated carbocycles. The fraction of sp³-hybridized carbons (Fsp3) is 0.167. The van der Waals surface area contributed by atoms with Gasteiger partial charge < -0.3 is 10.1 Å². The molecule has 0 aliphatic heterocycles. The van der Waals surface area contributed by atoms with Crippen LogP contribution in [0.3, 0.4) is 0 Å². The van der Waals surface area contributed by atoms with E-state index in [0.29, 0.717) is 22.8 Å². The second kappa shape index (κ2) is 12.0. The number of methoxy groups -OCH3 is 1. The third-order valence-corrected chi connectivity index (χ3v) is 9.65. The van der Waals surface area contributed by atoms with Crippen LogP contribution in [0.15, 0.2) is 101 Å². The molecule has 214 valence electrons. The Bertz CT molecular complexity index is 1750. The van der Waals surface area contributed by atoms with Crippen LogP contribution < -0.4 is 19.1 Å². The molecule has 4 rings (SSSR count). The maximum Gasteiger partial charge on any atom is 0.264 e. The van der Waals surface area contributed by atoms with Crippen LogP contribution >= 0.6 is 0 Å². The van der Waals surface area contributed by atoms with Gasteiger partial charge in [-0.1, -0.05) is 23.8 Å². The summed E-state index contributed by atoms with van der Waals surface area (Å²) in [6.07, 6.45) is 0. The SMILES string of the molecule is COc1ccc(S(=O)(=O)N(CC(=O)Nc2ccc(S(=O)(=O)Nc3ccc(C)c(C)c3)cc2)c2ccc(C)cc2)cc1. The van der Waals surface area contributed by atoms with Gasteiger partial charge in [-0.15, -0.1) is 0 Å². The molecule has 0 bridgehead atoms. The van der Waals surface area contributed by atoms with Gasteiger partial charge in [0.15, 0.2) is 0 Å². The summed E-state index contributed by atoms with van der Waals surface area (Å²) >= 11 is 0. The Hall–Kier alpha value is -4.35. The molecule has 0 atom stereocenters. The number of aryl methyl sites for hydroxylation is 3. The third-order valence-electron chi connectivity index (χ3n) is 6.46. The van der Waals surface area contributed by atoms with E-state index in [0.717, 1.165) is 21.0 Å². The van der Waals surface area contributed by atoms with Crippen molar-refractivity contribution in [2.75, 3.05) is 28.0 Å². The van der Waals surface area contributed by atoms with Gasteiger partial charge in [-0.25, -0.2) is 16.8 Å². The van der Waals surface area contributed by atoms with Gasteiger partial charge in [0.05, 0.1) is 22.6 Å². The lowest BCUT2D eigenvalue weighted by molar-refractivity contribution is -0.114. The fourth-order valence-electron chi connectivity index (χ4n) is 3.97. The molecule has 41 heavy (non-hydrogen) atoms. The standard InChI is InChI=1S/C30H31N3O6S2/c1-21-5-11-26(12-6-21)33(41(37,38)29-17-13-27(39-4)14-18-29)20-30(34)31-24-9-15-28(16-10-24)40(35,36)32-25-8-7-22(2)23(3)19-25/h5-19,32H,20H2,1-4H3,(H,31,34). The molecule has 0 radical (unpaired) electrons. The highest BCUT2D eigenvalue weighted by atomic mass is 32.2. The average Bonchev–Trinajstić information content (AvgIpc) is 2.94. The van der Waals surface area contributed by atoms with Crippen LogP contribution in [-0.2, 0) is 24.8 Å². The first kappa shape index (κ1) is 29.6. The highest BCUT2D eigenvalue weighted by molar-refractivity contribution is 7.93. The van der Waals surface area contributed by atoms with Crippen molar-refractivity contribution in [3.8, 4) is 5.75 Å². The van der Waals surface area contributed by atoms with Crippen LogP contribution in [0, 0.1) is 20.8 Å². The molecule has 0 heterocycles. The van der Waals surface area contributed by atoms with E-state index < -0.39 is 32.5 Å². The molecule has 0 aliphatic carbocycles. The molecule has 4 aromatic carbocycles. The van der Waals surface area contributed by atoms with E-state index in [9.17, 15) is 21.6 Å². The van der Waals surface area contributed by atoms with E-state index >= 15 is 0 Å². The van der Waals surface area contributed by atoms with Crippen molar-refractivity contribution >= 4 is 43.0 Å². The number of anilines is 3. The molecule has 0 aliphatic rings. The third kappa shape index (κ3) is 7.05. The van der Waals surface area contributed by atoms with Gasteiger partial charge in [-0.2, -0.15) is 0 Å². The lowest BCUT2D eigenvalue weighted by atomic mass is 10.1. The fourth-order valence-corrected chi connectivity index (χ4v) is 6.44. The second-order valence-electron chi connectivity index (χ2n) is 9.50. The van der Waals surface area contributed by atoms with Crippen molar-refractivity contribution in [2.45, 2.75) is 30.6 Å². The number of benzene rings is 4. The monoisotopic (exact) mass is 593 g/mol. The van der Waals surface area contributed by atoms with Crippen LogP contribution in [0.1, 0.15) is 16.7 Å². The Morgan fingerprint density at radius 1 is 0.732 bits per heavy atom. The lowest BCUT2D eigenvalue weighted by Gasteiger charge is -2.24. The van der Waals surface area contributed by atoms with Gasteiger partial charge in [0, 0.05) is 11.4 Å². The summed E-state index contributed by atoms with van der Waals surface area (Å²) in [6, 6.07) is 23.6. The second-order valence-corrected chi connectivity index (χ2v) is 13.0. The molecule has 0 unspecified atom stereocenters. The maximum absolute atomic E-state index is 13.6. The Morgan fingerprint density at radius 2 is 1.32 bits per heavy atom. The van der Waals surface area contributed by atoms with E-state index in [2.05, 4.69) is 10.0 Å². The summed E-state index contributed by atoms with van der Waals surface area (Å²) in [5.74, 6) is -0.107. The number of nitrogens with zero attached hydrogens (tertiary/aromatic N) is 1. The van der Waals surface area contributed by atoms with Crippen molar-refractivity contribution < 1.29 is 26.4 Å². The number of hydrogen-bond acceptors (Lipinski definition) is 6. The first-order valence-corrected chi connectivity index (χ1v) is 15.5. The van der Waals surface area contributed by atoms with Crippen LogP contribution in [0.2, 0.25) is 0 Å². The quantitative estimate of drug-likeness (QED) is 0.259. The van der Waals surface area contributed by atoms with Gasteiger partial charge in [-0.3, -0.25) is 13.8 Å². The van der Waals surface area contributed by atoms with Gasteiger partial charge >= 0.3 is 0 Å². The zero-order valence-corrected chi connectivity index (χ0v) is 24.7. The van der Waals surface area contributed by atoms with Crippen molar-refractivity contribution in [3.63, 3.8) is 0 Å². The molecule has 9 nitrogen and oxygen atoms in total.